The first-order valence-electron chi connectivity index (χ1n) is 6.64. The van der Waals surface area contributed by atoms with Crippen LogP contribution >= 0.6 is 0 Å². The monoisotopic (exact) mass is 297 g/mol. The molecule has 0 bridgehead atoms. The third-order valence-corrected chi connectivity index (χ3v) is 4.94. The van der Waals surface area contributed by atoms with Crippen molar-refractivity contribution in [2.24, 2.45) is 0 Å². The van der Waals surface area contributed by atoms with Gasteiger partial charge < -0.3 is 9.45 Å². The summed E-state index contributed by atoms with van der Waals surface area (Å²) in [6, 6.07) is 16.7. The van der Waals surface area contributed by atoms with Crippen molar-refractivity contribution in [3.63, 3.8) is 0 Å². The van der Waals surface area contributed by atoms with Gasteiger partial charge >= 0.3 is 0 Å². The standard InChI is InChI=1S/C17H15NO2S/c1-18(2)15(12-8-4-3-5-9-12)17-16(19)13-10-6-7-11-14(13)21(17)20/h3-11H,1-2H3/b17-15+. The van der Waals surface area contributed by atoms with Crippen molar-refractivity contribution in [3.05, 3.63) is 70.6 Å². The highest BCUT2D eigenvalue weighted by atomic mass is 32.2. The van der Waals surface area contributed by atoms with E-state index in [1.807, 2.05) is 55.4 Å². The maximum atomic E-state index is 12.7. The lowest BCUT2D eigenvalue weighted by atomic mass is 10.1. The van der Waals surface area contributed by atoms with E-state index in [2.05, 4.69) is 0 Å². The predicted octanol–water partition coefficient (Wildman–Crippen LogP) is 2.92. The van der Waals surface area contributed by atoms with Crippen LogP contribution in [0.15, 0.2) is 64.4 Å². The van der Waals surface area contributed by atoms with E-state index >= 15 is 0 Å². The Hall–Kier alpha value is -2.04. The van der Waals surface area contributed by atoms with Crippen molar-refractivity contribution in [2.75, 3.05) is 14.1 Å². The van der Waals surface area contributed by atoms with E-state index in [0.29, 0.717) is 15.4 Å². The second-order valence-electron chi connectivity index (χ2n) is 5.03. The average molecular weight is 297 g/mol. The van der Waals surface area contributed by atoms with E-state index in [-0.39, 0.29) is 5.78 Å². The molecule has 3 nitrogen and oxygen atoms in total. The summed E-state index contributed by atoms with van der Waals surface area (Å²) in [5.41, 5.74) is 2.16. The van der Waals surface area contributed by atoms with Gasteiger partial charge in [0.2, 0.25) is 10.7 Å². The van der Waals surface area contributed by atoms with Crippen molar-refractivity contribution in [1.29, 1.82) is 0 Å². The molecule has 0 amide bonds. The van der Waals surface area contributed by atoms with Crippen LogP contribution in [0.3, 0.4) is 0 Å². The van der Waals surface area contributed by atoms with E-state index in [1.165, 1.54) is 0 Å². The van der Waals surface area contributed by atoms with Gasteiger partial charge in [0.25, 0.3) is 0 Å². The fourth-order valence-electron chi connectivity index (χ4n) is 2.52. The molecule has 0 fully saturated rings. The number of allylic oxidation sites excluding steroid dienone is 1. The number of Topliss-reactive ketones (excluding diaryl/α,β-unsaturated/α-hetero) is 1. The van der Waals surface area contributed by atoms with Gasteiger partial charge in [0.1, 0.15) is 5.70 Å². The summed E-state index contributed by atoms with van der Waals surface area (Å²) in [5.74, 6) is -0.142. The zero-order valence-electron chi connectivity index (χ0n) is 11.9. The molecule has 3 rings (SSSR count). The van der Waals surface area contributed by atoms with E-state index in [0.717, 1.165) is 11.3 Å². The average Bonchev–Trinajstić information content (AvgIpc) is 2.74. The van der Waals surface area contributed by atoms with Gasteiger partial charge in [0.05, 0.1) is 5.56 Å². The Morgan fingerprint density at radius 1 is 1.00 bits per heavy atom. The van der Waals surface area contributed by atoms with Crippen molar-refractivity contribution < 1.29 is 9.35 Å². The van der Waals surface area contributed by atoms with E-state index in [9.17, 15) is 9.35 Å². The first-order chi connectivity index (χ1) is 10.1. The number of benzene rings is 2. The van der Waals surface area contributed by atoms with Crippen LogP contribution in [0.25, 0.3) is 5.70 Å². The Morgan fingerprint density at radius 3 is 2.24 bits per heavy atom. The third kappa shape index (κ3) is 2.26. The second kappa shape index (κ2) is 5.39. The van der Waals surface area contributed by atoms with Crippen LogP contribution in [-0.4, -0.2) is 29.3 Å². The molecular weight excluding hydrogens is 282 g/mol. The maximum Gasteiger partial charge on any atom is 0.248 e. The van der Waals surface area contributed by atoms with E-state index < -0.39 is 11.2 Å². The largest absolute Gasteiger partial charge is 0.606 e. The third-order valence-electron chi connectivity index (χ3n) is 3.43. The fraction of sp³-hybridized carbons (Fsp3) is 0.118. The molecule has 106 valence electrons. The molecule has 1 atom stereocenters. The Morgan fingerprint density at radius 2 is 1.62 bits per heavy atom. The summed E-state index contributed by atoms with van der Waals surface area (Å²) in [5, 5.41) is 0. The molecule has 1 unspecified atom stereocenters. The maximum absolute atomic E-state index is 12.7. The van der Waals surface area contributed by atoms with E-state index in [4.69, 9.17) is 0 Å². The number of hydrogen-bond donors (Lipinski definition) is 0. The topological polar surface area (TPSA) is 43.4 Å². The smallest absolute Gasteiger partial charge is 0.248 e. The van der Waals surface area contributed by atoms with Gasteiger partial charge in [-0.05, 0) is 12.1 Å². The lowest BCUT2D eigenvalue weighted by molar-refractivity contribution is 0.104. The lowest BCUT2D eigenvalue weighted by Crippen LogP contribution is -2.17. The van der Waals surface area contributed by atoms with Crippen molar-refractivity contribution in [2.45, 2.75) is 4.90 Å². The quantitative estimate of drug-likeness (QED) is 0.632. The zero-order chi connectivity index (χ0) is 15.0. The molecule has 4 heteroatoms. The Balaban J connectivity index is 2.23. The lowest BCUT2D eigenvalue weighted by Gasteiger charge is -2.19. The Bertz CT molecular complexity index is 723. The summed E-state index contributed by atoms with van der Waals surface area (Å²) < 4.78 is 12.7. The van der Waals surface area contributed by atoms with Crippen LogP contribution in [0.4, 0.5) is 0 Å². The summed E-state index contributed by atoms with van der Waals surface area (Å²) >= 11 is -1.43. The number of carbonyl (C=O) groups excluding carboxylic acids is 1. The molecule has 0 aliphatic carbocycles. The van der Waals surface area contributed by atoms with Gasteiger partial charge in [0, 0.05) is 30.8 Å². The highest BCUT2D eigenvalue weighted by Gasteiger charge is 2.42. The normalized spacial score (nSPS) is 19.4. The minimum Gasteiger partial charge on any atom is -0.606 e. The zero-order valence-corrected chi connectivity index (χ0v) is 12.7. The molecule has 1 aliphatic heterocycles. The first kappa shape index (κ1) is 13.9. The summed E-state index contributed by atoms with van der Waals surface area (Å²) in [4.78, 5) is 15.5. The Kier molecular flexibility index (Phi) is 3.57. The number of hydrogen-bond acceptors (Lipinski definition) is 3. The molecular formula is C17H15NO2S. The Labute approximate surface area is 127 Å². The van der Waals surface area contributed by atoms with Gasteiger partial charge in [-0.1, -0.05) is 42.5 Å². The number of rotatable bonds is 2. The molecule has 21 heavy (non-hydrogen) atoms. The van der Waals surface area contributed by atoms with Gasteiger partial charge in [-0.25, -0.2) is 0 Å². The van der Waals surface area contributed by atoms with Crippen molar-refractivity contribution in [1.82, 2.24) is 4.90 Å². The van der Waals surface area contributed by atoms with Crippen molar-refractivity contribution >= 4 is 22.7 Å². The molecule has 0 N–H and O–H groups in total. The van der Waals surface area contributed by atoms with Crippen LogP contribution in [-0.2, 0) is 11.2 Å². The minimum atomic E-state index is -1.43. The van der Waals surface area contributed by atoms with Crippen LogP contribution in [0.2, 0.25) is 0 Å². The first-order valence-corrected chi connectivity index (χ1v) is 7.78. The van der Waals surface area contributed by atoms with Gasteiger partial charge in [0.15, 0.2) is 4.90 Å². The van der Waals surface area contributed by atoms with Crippen LogP contribution in [0.5, 0.6) is 0 Å². The molecule has 0 aromatic heterocycles. The molecule has 2 aromatic rings. The molecule has 0 saturated heterocycles. The SMILES string of the molecule is CN(C)/C(=C1\C(=O)c2ccccc2[S+]1[O-])c1ccccc1. The van der Waals surface area contributed by atoms with Gasteiger partial charge in [-0.2, -0.15) is 0 Å². The molecule has 2 aromatic carbocycles. The summed E-state index contributed by atoms with van der Waals surface area (Å²) in [6.07, 6.45) is 0. The molecule has 1 aliphatic rings. The minimum absolute atomic E-state index is 0.142. The van der Waals surface area contributed by atoms with E-state index in [1.54, 1.807) is 18.2 Å². The van der Waals surface area contributed by atoms with Crippen LogP contribution < -0.4 is 0 Å². The highest BCUT2D eigenvalue weighted by molar-refractivity contribution is 7.97. The summed E-state index contributed by atoms with van der Waals surface area (Å²) in [6.45, 7) is 0. The van der Waals surface area contributed by atoms with Gasteiger partial charge in [-0.3, -0.25) is 4.79 Å². The molecule has 0 radical (unpaired) electrons. The number of fused-ring (bicyclic) bond motifs is 1. The number of nitrogens with zero attached hydrogens (tertiary/aromatic N) is 1. The van der Waals surface area contributed by atoms with Crippen LogP contribution in [0, 0.1) is 0 Å². The fourth-order valence-corrected chi connectivity index (χ4v) is 4.05. The number of ketones is 1. The molecule has 0 spiro atoms. The molecule has 1 heterocycles. The van der Waals surface area contributed by atoms with Crippen molar-refractivity contribution in [3.8, 4) is 0 Å². The summed E-state index contributed by atoms with van der Waals surface area (Å²) in [7, 11) is 3.73. The van der Waals surface area contributed by atoms with Gasteiger partial charge in [-0.15, -0.1) is 0 Å². The second-order valence-corrected chi connectivity index (χ2v) is 6.42. The van der Waals surface area contributed by atoms with Crippen LogP contribution in [0.1, 0.15) is 15.9 Å². The number of carbonyl (C=O) groups is 1. The molecule has 0 saturated carbocycles. The highest BCUT2D eigenvalue weighted by Crippen LogP contribution is 2.38. The predicted molar refractivity (Wildman–Crippen MR) is 84.2 cm³/mol.